The van der Waals surface area contributed by atoms with E-state index in [0.717, 1.165) is 46.1 Å². The molecule has 2 aromatic carbocycles. The minimum absolute atomic E-state index is 0.147. The van der Waals surface area contributed by atoms with Crippen molar-refractivity contribution in [2.45, 2.75) is 25.8 Å². The highest BCUT2D eigenvalue weighted by atomic mass is 35.5. The Morgan fingerprint density at radius 2 is 2.07 bits per heavy atom. The maximum atomic E-state index is 12.7. The largest absolute Gasteiger partial charge is 0.342 e. The smallest absolute Gasteiger partial charge is 0.223 e. The Labute approximate surface area is 163 Å². The van der Waals surface area contributed by atoms with E-state index in [4.69, 9.17) is 11.6 Å². The molecule has 1 aromatic heterocycles. The number of amides is 1. The Balaban J connectivity index is 1.38. The molecule has 1 amide bonds. The van der Waals surface area contributed by atoms with Gasteiger partial charge in [-0.15, -0.1) is 0 Å². The van der Waals surface area contributed by atoms with Gasteiger partial charge in [0.05, 0.1) is 11.0 Å². The molecule has 6 heteroatoms. The van der Waals surface area contributed by atoms with Crippen LogP contribution in [0.2, 0.25) is 5.02 Å². The lowest BCUT2D eigenvalue weighted by molar-refractivity contribution is -0.132. The van der Waals surface area contributed by atoms with E-state index in [-0.39, 0.29) is 11.9 Å². The van der Waals surface area contributed by atoms with Crippen molar-refractivity contribution in [3.63, 3.8) is 0 Å². The minimum atomic E-state index is 0.147. The molecule has 5 nitrogen and oxygen atoms in total. The van der Waals surface area contributed by atoms with E-state index < -0.39 is 0 Å². The summed E-state index contributed by atoms with van der Waals surface area (Å²) in [5.41, 5.74) is 4.33. The third kappa shape index (κ3) is 3.99. The van der Waals surface area contributed by atoms with Crippen molar-refractivity contribution in [3.8, 4) is 0 Å². The summed E-state index contributed by atoms with van der Waals surface area (Å²) < 4.78 is 0. The molecular weight excluding hydrogens is 360 g/mol. The average molecular weight is 383 g/mol. The molecule has 2 heterocycles. The predicted octanol–water partition coefficient (Wildman–Crippen LogP) is 3.63. The fourth-order valence-electron chi connectivity index (χ4n) is 3.62. The van der Waals surface area contributed by atoms with Gasteiger partial charge in [-0.05, 0) is 36.2 Å². The summed E-state index contributed by atoms with van der Waals surface area (Å²) in [5, 5.41) is 4.21. The third-order valence-corrected chi connectivity index (χ3v) is 5.39. The highest BCUT2D eigenvalue weighted by Crippen LogP contribution is 2.21. The highest BCUT2D eigenvalue weighted by molar-refractivity contribution is 6.30. The van der Waals surface area contributed by atoms with Gasteiger partial charge in [0.15, 0.2) is 0 Å². The quantitative estimate of drug-likeness (QED) is 0.724. The fourth-order valence-corrected chi connectivity index (χ4v) is 3.75. The maximum Gasteiger partial charge on any atom is 0.223 e. The zero-order valence-corrected chi connectivity index (χ0v) is 16.1. The lowest BCUT2D eigenvalue weighted by Crippen LogP contribution is -2.48. The second kappa shape index (κ2) is 7.71. The summed E-state index contributed by atoms with van der Waals surface area (Å²) in [6.45, 7) is 4.26. The van der Waals surface area contributed by atoms with Crippen LogP contribution in [0, 0.1) is 6.92 Å². The fraction of sp³-hybridized carbons (Fsp3) is 0.333. The van der Waals surface area contributed by atoms with Crippen molar-refractivity contribution in [1.82, 2.24) is 20.2 Å². The number of aromatic amines is 1. The van der Waals surface area contributed by atoms with Crippen LogP contribution in [0.25, 0.3) is 11.0 Å². The molecule has 3 aromatic rings. The summed E-state index contributed by atoms with van der Waals surface area (Å²) in [6, 6.07) is 14.1. The number of halogens is 1. The van der Waals surface area contributed by atoms with Crippen LogP contribution in [-0.4, -0.2) is 40.4 Å². The first-order valence-electron chi connectivity index (χ1n) is 9.31. The summed E-state index contributed by atoms with van der Waals surface area (Å²) in [7, 11) is 0. The average Bonchev–Trinajstić information content (AvgIpc) is 3.11. The number of aryl methyl sites for hydroxylation is 2. The second-order valence-corrected chi connectivity index (χ2v) is 7.49. The van der Waals surface area contributed by atoms with Crippen molar-refractivity contribution >= 4 is 28.5 Å². The number of nitrogens with zero attached hydrogens (tertiary/aromatic N) is 2. The van der Waals surface area contributed by atoms with E-state index in [9.17, 15) is 4.79 Å². The monoisotopic (exact) mass is 382 g/mol. The molecule has 140 valence electrons. The number of benzene rings is 2. The van der Waals surface area contributed by atoms with Crippen molar-refractivity contribution < 1.29 is 4.79 Å². The number of aromatic nitrogens is 2. The zero-order valence-electron chi connectivity index (χ0n) is 15.3. The number of piperazine rings is 1. The van der Waals surface area contributed by atoms with Crippen molar-refractivity contribution in [2.75, 3.05) is 19.6 Å². The van der Waals surface area contributed by atoms with E-state index in [1.807, 2.05) is 41.3 Å². The van der Waals surface area contributed by atoms with Crippen LogP contribution in [0.3, 0.4) is 0 Å². The van der Waals surface area contributed by atoms with E-state index in [1.54, 1.807) is 0 Å². The van der Waals surface area contributed by atoms with Crippen LogP contribution < -0.4 is 5.32 Å². The first kappa shape index (κ1) is 18.0. The van der Waals surface area contributed by atoms with Crippen LogP contribution >= 0.6 is 11.6 Å². The van der Waals surface area contributed by atoms with E-state index in [1.165, 1.54) is 0 Å². The van der Waals surface area contributed by atoms with Gasteiger partial charge in [-0.2, -0.15) is 0 Å². The Bertz CT molecular complexity index is 950. The molecular formula is C21H23ClN4O. The first-order chi connectivity index (χ1) is 13.1. The topological polar surface area (TPSA) is 61.0 Å². The molecule has 2 N–H and O–H groups in total. The van der Waals surface area contributed by atoms with Crippen molar-refractivity contribution in [1.29, 1.82) is 0 Å². The SMILES string of the molecule is Cc1cccc2[nH]c(CCC(=O)N3CCNC(c4ccc(Cl)cc4)C3)nc12. The number of rotatable bonds is 4. The summed E-state index contributed by atoms with van der Waals surface area (Å²) >= 11 is 5.97. The molecule has 1 aliphatic rings. The molecule has 1 atom stereocenters. The lowest BCUT2D eigenvalue weighted by Gasteiger charge is -2.34. The van der Waals surface area contributed by atoms with Gasteiger partial charge in [0.2, 0.25) is 5.91 Å². The van der Waals surface area contributed by atoms with E-state index >= 15 is 0 Å². The number of fused-ring (bicyclic) bond motifs is 1. The van der Waals surface area contributed by atoms with E-state index in [2.05, 4.69) is 28.3 Å². The van der Waals surface area contributed by atoms with Gasteiger partial charge < -0.3 is 15.2 Å². The van der Waals surface area contributed by atoms with Gasteiger partial charge in [0.1, 0.15) is 5.82 Å². The van der Waals surface area contributed by atoms with Gasteiger partial charge in [-0.1, -0.05) is 35.9 Å². The van der Waals surface area contributed by atoms with Gasteiger partial charge in [-0.25, -0.2) is 4.98 Å². The molecule has 1 unspecified atom stereocenters. The van der Waals surface area contributed by atoms with Crippen LogP contribution in [0.15, 0.2) is 42.5 Å². The Morgan fingerprint density at radius 1 is 1.26 bits per heavy atom. The molecule has 4 rings (SSSR count). The van der Waals surface area contributed by atoms with Gasteiger partial charge >= 0.3 is 0 Å². The molecule has 0 radical (unpaired) electrons. The number of carbonyl (C=O) groups excluding carboxylic acids is 1. The summed E-state index contributed by atoms with van der Waals surface area (Å²) in [5.74, 6) is 1.05. The van der Waals surface area contributed by atoms with Crippen LogP contribution in [-0.2, 0) is 11.2 Å². The van der Waals surface area contributed by atoms with Crippen molar-refractivity contribution in [2.24, 2.45) is 0 Å². The Morgan fingerprint density at radius 3 is 2.85 bits per heavy atom. The number of carbonyl (C=O) groups is 1. The lowest BCUT2D eigenvalue weighted by atomic mass is 10.0. The number of imidazole rings is 1. The molecule has 0 aliphatic carbocycles. The second-order valence-electron chi connectivity index (χ2n) is 7.05. The molecule has 1 fully saturated rings. The van der Waals surface area contributed by atoms with Crippen LogP contribution in [0.5, 0.6) is 0 Å². The molecule has 1 aliphatic heterocycles. The standard InChI is InChI=1S/C21H23ClN4O/c1-14-3-2-4-17-21(14)25-19(24-17)9-10-20(27)26-12-11-23-18(13-26)15-5-7-16(22)8-6-15/h2-8,18,23H,9-13H2,1H3,(H,24,25). The normalized spacial score (nSPS) is 17.4. The van der Waals surface area contributed by atoms with Crippen LogP contribution in [0.4, 0.5) is 0 Å². The molecule has 0 bridgehead atoms. The minimum Gasteiger partial charge on any atom is -0.342 e. The van der Waals surface area contributed by atoms with Crippen LogP contribution in [0.1, 0.15) is 29.4 Å². The molecule has 0 spiro atoms. The number of hydrogen-bond donors (Lipinski definition) is 2. The number of para-hydroxylation sites is 1. The summed E-state index contributed by atoms with van der Waals surface area (Å²) in [6.07, 6.45) is 1.09. The van der Waals surface area contributed by atoms with E-state index in [0.29, 0.717) is 19.4 Å². The predicted molar refractivity (Wildman–Crippen MR) is 108 cm³/mol. The first-order valence-corrected chi connectivity index (χ1v) is 9.69. The van der Waals surface area contributed by atoms with Crippen molar-refractivity contribution in [3.05, 3.63) is 64.4 Å². The zero-order chi connectivity index (χ0) is 18.8. The molecule has 27 heavy (non-hydrogen) atoms. The third-order valence-electron chi connectivity index (χ3n) is 5.14. The number of hydrogen-bond acceptors (Lipinski definition) is 3. The Kier molecular flexibility index (Phi) is 5.14. The van der Waals surface area contributed by atoms with Gasteiger partial charge in [0, 0.05) is 43.5 Å². The van der Waals surface area contributed by atoms with Gasteiger partial charge in [0.25, 0.3) is 0 Å². The highest BCUT2D eigenvalue weighted by Gasteiger charge is 2.24. The number of nitrogens with one attached hydrogen (secondary N) is 2. The maximum absolute atomic E-state index is 12.7. The molecule has 0 saturated carbocycles. The molecule has 1 saturated heterocycles. The number of H-pyrrole nitrogens is 1. The van der Waals surface area contributed by atoms with Gasteiger partial charge in [-0.3, -0.25) is 4.79 Å². The summed E-state index contributed by atoms with van der Waals surface area (Å²) in [4.78, 5) is 22.6. The Hall–Kier alpha value is -2.37.